The number of hydrogen-bond acceptors (Lipinski definition) is 2. The highest BCUT2D eigenvalue weighted by molar-refractivity contribution is 9.10. The number of amides is 3. The summed E-state index contributed by atoms with van der Waals surface area (Å²) in [7, 11) is 1.99. The Kier molecular flexibility index (Phi) is 6.78. The third-order valence-electron chi connectivity index (χ3n) is 4.91. The second-order valence-electron chi connectivity index (χ2n) is 7.19. The van der Waals surface area contributed by atoms with Gasteiger partial charge < -0.3 is 19.7 Å². The molecule has 1 saturated carbocycles. The molecule has 0 saturated heterocycles. The average molecular weight is 447 g/mol. The predicted molar refractivity (Wildman–Crippen MR) is 114 cm³/mol. The second kappa shape index (κ2) is 9.28. The summed E-state index contributed by atoms with van der Waals surface area (Å²) in [5.41, 5.74) is 1.80. The smallest absolute Gasteiger partial charge is 0.322 e. The molecule has 1 aromatic heterocycles. The highest BCUT2D eigenvalue weighted by atomic mass is 79.9. The summed E-state index contributed by atoms with van der Waals surface area (Å²) in [6, 6.07) is 11.5. The fourth-order valence-corrected chi connectivity index (χ4v) is 3.56. The maximum atomic E-state index is 13.1. The minimum absolute atomic E-state index is 0.000530. The monoisotopic (exact) mass is 446 g/mol. The van der Waals surface area contributed by atoms with Gasteiger partial charge in [0, 0.05) is 36.0 Å². The molecule has 1 aliphatic rings. The first-order valence-corrected chi connectivity index (χ1v) is 10.5. The molecule has 1 aromatic carbocycles. The number of anilines is 1. The Labute approximate surface area is 174 Å². The molecule has 0 unspecified atom stereocenters. The van der Waals surface area contributed by atoms with Gasteiger partial charge in [0.2, 0.25) is 5.91 Å². The van der Waals surface area contributed by atoms with E-state index in [4.69, 9.17) is 0 Å². The van der Waals surface area contributed by atoms with Crippen LogP contribution in [-0.2, 0) is 18.4 Å². The lowest BCUT2D eigenvalue weighted by Crippen LogP contribution is -2.45. The first-order chi connectivity index (χ1) is 13.5. The Balaban J connectivity index is 1.67. The van der Waals surface area contributed by atoms with E-state index in [1.54, 1.807) is 4.90 Å². The van der Waals surface area contributed by atoms with Gasteiger partial charge in [-0.1, -0.05) is 19.1 Å². The third-order valence-corrected chi connectivity index (χ3v) is 5.61. The number of aryl methyl sites for hydroxylation is 1. The predicted octanol–water partition coefficient (Wildman–Crippen LogP) is 4.22. The van der Waals surface area contributed by atoms with E-state index in [-0.39, 0.29) is 24.5 Å². The van der Waals surface area contributed by atoms with Crippen molar-refractivity contribution in [1.82, 2.24) is 14.4 Å². The van der Waals surface area contributed by atoms with E-state index in [2.05, 4.69) is 21.2 Å². The van der Waals surface area contributed by atoms with Gasteiger partial charge in [-0.3, -0.25) is 4.79 Å². The van der Waals surface area contributed by atoms with Crippen molar-refractivity contribution in [1.29, 1.82) is 0 Å². The van der Waals surface area contributed by atoms with E-state index in [0.717, 1.165) is 29.4 Å². The van der Waals surface area contributed by atoms with Crippen LogP contribution in [0, 0.1) is 0 Å². The minimum atomic E-state index is -0.253. The normalized spacial score (nSPS) is 13.2. The number of para-hydroxylation sites is 1. The quantitative estimate of drug-likeness (QED) is 0.659. The highest BCUT2D eigenvalue weighted by Gasteiger charge is 2.34. The van der Waals surface area contributed by atoms with Gasteiger partial charge in [0.15, 0.2) is 0 Å². The van der Waals surface area contributed by atoms with E-state index >= 15 is 0 Å². The molecule has 0 aliphatic heterocycles. The van der Waals surface area contributed by atoms with Gasteiger partial charge >= 0.3 is 6.03 Å². The molecule has 3 amide bonds. The molecule has 0 bridgehead atoms. The van der Waals surface area contributed by atoms with Crippen molar-refractivity contribution in [3.05, 3.63) is 52.8 Å². The van der Waals surface area contributed by atoms with Crippen LogP contribution in [-0.4, -0.2) is 45.4 Å². The molecule has 150 valence electrons. The summed E-state index contributed by atoms with van der Waals surface area (Å²) >= 11 is 3.44. The molecule has 1 heterocycles. The Bertz CT molecular complexity index is 831. The molecule has 6 nitrogen and oxygen atoms in total. The lowest BCUT2D eigenvalue weighted by Gasteiger charge is -2.28. The number of nitrogens with zero attached hydrogens (tertiary/aromatic N) is 3. The van der Waals surface area contributed by atoms with Crippen LogP contribution in [0.15, 0.2) is 47.1 Å². The first kappa shape index (κ1) is 20.5. The Morgan fingerprint density at radius 3 is 2.57 bits per heavy atom. The van der Waals surface area contributed by atoms with Gasteiger partial charge in [-0.15, -0.1) is 0 Å². The Hall–Kier alpha value is -2.28. The van der Waals surface area contributed by atoms with Crippen molar-refractivity contribution < 1.29 is 9.59 Å². The van der Waals surface area contributed by atoms with Crippen LogP contribution in [0.3, 0.4) is 0 Å². The summed E-state index contributed by atoms with van der Waals surface area (Å²) in [5, 5.41) is 2.90. The van der Waals surface area contributed by atoms with Crippen molar-refractivity contribution in [2.24, 2.45) is 7.05 Å². The summed E-state index contributed by atoms with van der Waals surface area (Å²) < 4.78 is 2.85. The van der Waals surface area contributed by atoms with Crippen molar-refractivity contribution >= 4 is 33.6 Å². The molecule has 1 aliphatic carbocycles. The fourth-order valence-electron chi connectivity index (χ4n) is 3.18. The fraction of sp³-hybridized carbons (Fsp3) is 0.429. The molecule has 7 heteroatoms. The topological polar surface area (TPSA) is 57.6 Å². The molecule has 1 N–H and O–H groups in total. The second-order valence-corrected chi connectivity index (χ2v) is 8.05. The number of halogens is 1. The van der Waals surface area contributed by atoms with Gasteiger partial charge in [0.1, 0.15) is 6.54 Å². The molecule has 0 atom stereocenters. The maximum Gasteiger partial charge on any atom is 0.322 e. The first-order valence-electron chi connectivity index (χ1n) is 9.69. The molecule has 0 radical (unpaired) electrons. The number of rotatable bonds is 8. The van der Waals surface area contributed by atoms with E-state index in [1.165, 1.54) is 0 Å². The Morgan fingerprint density at radius 2 is 1.96 bits per heavy atom. The van der Waals surface area contributed by atoms with E-state index in [1.807, 2.05) is 66.0 Å². The standard InChI is InChI=1S/C21H27BrN4O2/c1-3-12-25(21(28)23-19-9-5-4-8-18(19)22)15-20(27)26(16-10-11-16)14-17-7-6-13-24(17)2/h4-9,13,16H,3,10-12,14-15H2,1-2H3,(H,23,28). The van der Waals surface area contributed by atoms with E-state index < -0.39 is 0 Å². The van der Waals surface area contributed by atoms with E-state index in [0.29, 0.717) is 18.8 Å². The Morgan fingerprint density at radius 1 is 1.21 bits per heavy atom. The van der Waals surface area contributed by atoms with Gasteiger partial charge in [0.25, 0.3) is 0 Å². The van der Waals surface area contributed by atoms with Crippen molar-refractivity contribution in [3.63, 3.8) is 0 Å². The van der Waals surface area contributed by atoms with Crippen molar-refractivity contribution in [3.8, 4) is 0 Å². The summed E-state index contributed by atoms with van der Waals surface area (Å²) in [6.07, 6.45) is 4.84. The molecular formula is C21H27BrN4O2. The van der Waals surface area contributed by atoms with E-state index in [9.17, 15) is 9.59 Å². The zero-order valence-corrected chi connectivity index (χ0v) is 18.0. The molecule has 0 spiro atoms. The SMILES string of the molecule is CCCN(CC(=O)N(Cc1cccn1C)C1CC1)C(=O)Nc1ccccc1Br. The van der Waals surface area contributed by atoms with Crippen molar-refractivity contribution in [2.75, 3.05) is 18.4 Å². The number of carbonyl (C=O) groups excluding carboxylic acids is 2. The van der Waals surface area contributed by atoms with Crippen LogP contribution in [0.1, 0.15) is 31.9 Å². The van der Waals surface area contributed by atoms with Gasteiger partial charge in [0.05, 0.1) is 12.2 Å². The van der Waals surface area contributed by atoms with Crippen LogP contribution in [0.25, 0.3) is 0 Å². The summed E-state index contributed by atoms with van der Waals surface area (Å²) in [4.78, 5) is 29.4. The average Bonchev–Trinajstić information content (AvgIpc) is 3.43. The van der Waals surface area contributed by atoms with Crippen molar-refractivity contribution in [2.45, 2.75) is 38.8 Å². The molecule has 28 heavy (non-hydrogen) atoms. The number of urea groups is 1. The number of carbonyl (C=O) groups is 2. The minimum Gasteiger partial charge on any atom is -0.353 e. The zero-order valence-electron chi connectivity index (χ0n) is 16.4. The van der Waals surface area contributed by atoms with Crippen LogP contribution in [0.4, 0.5) is 10.5 Å². The number of hydrogen-bond donors (Lipinski definition) is 1. The lowest BCUT2D eigenvalue weighted by atomic mass is 10.3. The summed E-state index contributed by atoms with van der Waals surface area (Å²) in [6.45, 7) is 3.21. The van der Waals surface area contributed by atoms with Gasteiger partial charge in [-0.05, 0) is 59.5 Å². The highest BCUT2D eigenvalue weighted by Crippen LogP contribution is 2.29. The van der Waals surface area contributed by atoms with Crippen LogP contribution in [0.2, 0.25) is 0 Å². The molecule has 3 rings (SSSR count). The molecule has 1 fully saturated rings. The largest absolute Gasteiger partial charge is 0.353 e. The molecular weight excluding hydrogens is 420 g/mol. The number of nitrogens with one attached hydrogen (secondary N) is 1. The van der Waals surface area contributed by atoms with Gasteiger partial charge in [-0.25, -0.2) is 4.79 Å². The third kappa shape index (κ3) is 5.16. The van der Waals surface area contributed by atoms with Gasteiger partial charge in [-0.2, -0.15) is 0 Å². The maximum absolute atomic E-state index is 13.1. The number of aromatic nitrogens is 1. The van der Waals surface area contributed by atoms with Crippen LogP contribution < -0.4 is 5.32 Å². The van der Waals surface area contributed by atoms with Crippen LogP contribution >= 0.6 is 15.9 Å². The number of benzene rings is 1. The van der Waals surface area contributed by atoms with Crippen LogP contribution in [0.5, 0.6) is 0 Å². The molecule has 2 aromatic rings. The zero-order chi connectivity index (χ0) is 20.1. The summed E-state index contributed by atoms with van der Waals surface area (Å²) in [5.74, 6) is -0.000530. The lowest BCUT2D eigenvalue weighted by molar-refractivity contribution is -0.133.